The highest BCUT2D eigenvalue weighted by Gasteiger charge is 2.34. The van der Waals surface area contributed by atoms with Crippen LogP contribution in [0, 0.1) is 5.41 Å². The van der Waals surface area contributed by atoms with Gasteiger partial charge in [0, 0.05) is 20.1 Å². The highest BCUT2D eigenvalue weighted by Crippen LogP contribution is 2.17. The van der Waals surface area contributed by atoms with Crippen LogP contribution in [0.2, 0.25) is 0 Å². The first-order valence-electron chi connectivity index (χ1n) is 6.04. The van der Waals surface area contributed by atoms with Crippen LogP contribution in [-0.4, -0.2) is 66.3 Å². The molecule has 18 heavy (non-hydrogen) atoms. The Labute approximate surface area is 107 Å². The molecule has 2 amide bonds. The van der Waals surface area contributed by atoms with Crippen molar-refractivity contribution in [3.8, 4) is 0 Å². The Morgan fingerprint density at radius 3 is 2.56 bits per heavy atom. The van der Waals surface area contributed by atoms with E-state index in [4.69, 9.17) is 9.84 Å². The van der Waals surface area contributed by atoms with E-state index < -0.39 is 12.0 Å². The Bertz CT molecular complexity index is 325. The van der Waals surface area contributed by atoms with Gasteiger partial charge in [0.1, 0.15) is 0 Å². The SMILES string of the molecule is CN(CC(C)(C)C)C(=O)N1CCOCC1C(=O)O. The van der Waals surface area contributed by atoms with E-state index in [1.807, 2.05) is 20.8 Å². The topological polar surface area (TPSA) is 70.1 Å². The summed E-state index contributed by atoms with van der Waals surface area (Å²) in [5.74, 6) is -1.02. The second kappa shape index (κ2) is 5.56. The van der Waals surface area contributed by atoms with Crippen LogP contribution in [0.1, 0.15) is 20.8 Å². The van der Waals surface area contributed by atoms with E-state index in [0.717, 1.165) is 0 Å². The van der Waals surface area contributed by atoms with Gasteiger partial charge in [0.15, 0.2) is 6.04 Å². The fourth-order valence-corrected chi connectivity index (χ4v) is 2.04. The molecule has 6 heteroatoms. The van der Waals surface area contributed by atoms with Crippen LogP contribution < -0.4 is 0 Å². The summed E-state index contributed by atoms with van der Waals surface area (Å²) in [5.41, 5.74) is -0.0184. The molecule has 1 saturated heterocycles. The lowest BCUT2D eigenvalue weighted by Gasteiger charge is -2.37. The van der Waals surface area contributed by atoms with E-state index >= 15 is 0 Å². The number of carboxylic acid groups (broad SMARTS) is 1. The molecule has 0 spiro atoms. The first-order chi connectivity index (χ1) is 8.22. The molecule has 1 rings (SSSR count). The molecule has 0 aromatic heterocycles. The fraction of sp³-hybridized carbons (Fsp3) is 0.833. The first kappa shape index (κ1) is 14.8. The molecular weight excluding hydrogens is 236 g/mol. The molecule has 0 radical (unpaired) electrons. The molecule has 0 aromatic rings. The molecule has 1 aliphatic heterocycles. The van der Waals surface area contributed by atoms with E-state index in [-0.39, 0.29) is 18.1 Å². The van der Waals surface area contributed by atoms with Gasteiger partial charge in [0.2, 0.25) is 0 Å². The zero-order valence-electron chi connectivity index (χ0n) is 11.5. The van der Waals surface area contributed by atoms with Gasteiger partial charge in [-0.05, 0) is 5.41 Å². The number of rotatable bonds is 2. The Hall–Kier alpha value is -1.30. The number of ether oxygens (including phenoxy) is 1. The van der Waals surface area contributed by atoms with E-state index in [2.05, 4.69) is 0 Å². The number of nitrogens with zero attached hydrogens (tertiary/aromatic N) is 2. The molecule has 104 valence electrons. The lowest BCUT2D eigenvalue weighted by molar-refractivity contribution is -0.147. The van der Waals surface area contributed by atoms with E-state index in [1.165, 1.54) is 4.90 Å². The molecule has 1 aliphatic rings. The quantitative estimate of drug-likeness (QED) is 0.798. The summed E-state index contributed by atoms with van der Waals surface area (Å²) < 4.78 is 5.11. The Morgan fingerprint density at radius 1 is 1.44 bits per heavy atom. The maximum atomic E-state index is 12.2. The number of aliphatic carboxylic acids is 1. The fourth-order valence-electron chi connectivity index (χ4n) is 2.04. The zero-order valence-corrected chi connectivity index (χ0v) is 11.5. The number of carbonyl (C=O) groups is 2. The van der Waals surface area contributed by atoms with Crippen molar-refractivity contribution in [1.29, 1.82) is 0 Å². The highest BCUT2D eigenvalue weighted by atomic mass is 16.5. The van der Waals surface area contributed by atoms with Crippen molar-refractivity contribution < 1.29 is 19.4 Å². The normalized spacial score (nSPS) is 20.7. The van der Waals surface area contributed by atoms with E-state index in [1.54, 1.807) is 11.9 Å². The minimum Gasteiger partial charge on any atom is -0.480 e. The van der Waals surface area contributed by atoms with Gasteiger partial charge in [-0.15, -0.1) is 0 Å². The predicted octanol–water partition coefficient (Wildman–Crippen LogP) is 0.870. The second-order valence-corrected chi connectivity index (χ2v) is 5.82. The zero-order chi connectivity index (χ0) is 13.9. The summed E-state index contributed by atoms with van der Waals surface area (Å²) in [4.78, 5) is 26.3. The van der Waals surface area contributed by atoms with Crippen LogP contribution in [0.15, 0.2) is 0 Å². The molecule has 1 atom stereocenters. The smallest absolute Gasteiger partial charge is 0.328 e. The molecule has 0 aromatic carbocycles. The molecule has 0 aliphatic carbocycles. The van der Waals surface area contributed by atoms with Crippen LogP contribution in [0.5, 0.6) is 0 Å². The third kappa shape index (κ3) is 3.87. The number of hydrogen-bond donors (Lipinski definition) is 1. The second-order valence-electron chi connectivity index (χ2n) is 5.82. The molecular formula is C12H22N2O4. The largest absolute Gasteiger partial charge is 0.480 e. The summed E-state index contributed by atoms with van der Waals surface area (Å²) in [6.45, 7) is 7.45. The summed E-state index contributed by atoms with van der Waals surface area (Å²) in [6, 6.07) is -1.13. The van der Waals surface area contributed by atoms with Crippen LogP contribution in [0.4, 0.5) is 4.79 Å². The first-order valence-corrected chi connectivity index (χ1v) is 6.04. The lowest BCUT2D eigenvalue weighted by atomic mass is 9.96. The van der Waals surface area contributed by atoms with Crippen molar-refractivity contribution in [1.82, 2.24) is 9.80 Å². The standard InChI is InChI=1S/C12H22N2O4/c1-12(2,3)8-13(4)11(17)14-5-6-18-7-9(14)10(15)16/h9H,5-8H2,1-4H3,(H,15,16). The number of morpholine rings is 1. The van der Waals surface area contributed by atoms with Crippen molar-refractivity contribution >= 4 is 12.0 Å². The average Bonchev–Trinajstić information content (AvgIpc) is 2.25. The van der Waals surface area contributed by atoms with Crippen LogP contribution >= 0.6 is 0 Å². The van der Waals surface area contributed by atoms with Gasteiger partial charge < -0.3 is 19.6 Å². The van der Waals surface area contributed by atoms with Crippen molar-refractivity contribution in [2.24, 2.45) is 5.41 Å². The molecule has 0 saturated carbocycles. The highest BCUT2D eigenvalue weighted by molar-refractivity contribution is 5.83. The van der Waals surface area contributed by atoms with Gasteiger partial charge in [0.05, 0.1) is 13.2 Å². The number of carboxylic acids is 1. The Kier molecular flexibility index (Phi) is 4.56. The number of amides is 2. The van der Waals surface area contributed by atoms with E-state index in [9.17, 15) is 9.59 Å². The molecule has 1 N–H and O–H groups in total. The van der Waals surface area contributed by atoms with Gasteiger partial charge >= 0.3 is 12.0 Å². The van der Waals surface area contributed by atoms with E-state index in [0.29, 0.717) is 19.7 Å². The van der Waals surface area contributed by atoms with Crippen molar-refractivity contribution in [3.05, 3.63) is 0 Å². The Morgan fingerprint density at radius 2 is 2.06 bits per heavy atom. The van der Waals surface area contributed by atoms with Gasteiger partial charge in [0.25, 0.3) is 0 Å². The summed E-state index contributed by atoms with van der Waals surface area (Å²) in [7, 11) is 1.70. The summed E-state index contributed by atoms with van der Waals surface area (Å²) >= 11 is 0. The Balaban J connectivity index is 2.71. The average molecular weight is 258 g/mol. The van der Waals surface area contributed by atoms with Crippen molar-refractivity contribution in [2.45, 2.75) is 26.8 Å². The van der Waals surface area contributed by atoms with Gasteiger partial charge in [-0.1, -0.05) is 20.8 Å². The summed E-state index contributed by atoms with van der Waals surface area (Å²) in [6.07, 6.45) is 0. The van der Waals surface area contributed by atoms with Crippen LogP contribution in [0.25, 0.3) is 0 Å². The summed E-state index contributed by atoms with van der Waals surface area (Å²) in [5, 5.41) is 9.08. The van der Waals surface area contributed by atoms with Crippen LogP contribution in [-0.2, 0) is 9.53 Å². The maximum absolute atomic E-state index is 12.2. The monoisotopic (exact) mass is 258 g/mol. The van der Waals surface area contributed by atoms with Gasteiger partial charge in [-0.3, -0.25) is 0 Å². The third-order valence-corrected chi connectivity index (χ3v) is 2.70. The molecule has 6 nitrogen and oxygen atoms in total. The number of urea groups is 1. The van der Waals surface area contributed by atoms with Crippen LogP contribution in [0.3, 0.4) is 0 Å². The minimum atomic E-state index is -1.02. The minimum absolute atomic E-state index is 0.0184. The van der Waals surface area contributed by atoms with Gasteiger partial charge in [-0.2, -0.15) is 0 Å². The maximum Gasteiger partial charge on any atom is 0.328 e. The molecule has 1 unspecified atom stereocenters. The number of hydrogen-bond acceptors (Lipinski definition) is 3. The van der Waals surface area contributed by atoms with Crippen molar-refractivity contribution in [2.75, 3.05) is 33.4 Å². The molecule has 1 fully saturated rings. The van der Waals surface area contributed by atoms with Crippen molar-refractivity contribution in [3.63, 3.8) is 0 Å². The lowest BCUT2D eigenvalue weighted by Crippen LogP contribution is -2.56. The predicted molar refractivity (Wildman–Crippen MR) is 66.4 cm³/mol. The number of carbonyl (C=O) groups excluding carboxylic acids is 1. The van der Waals surface area contributed by atoms with Gasteiger partial charge in [-0.25, -0.2) is 9.59 Å². The third-order valence-electron chi connectivity index (χ3n) is 2.70. The molecule has 1 heterocycles. The molecule has 0 bridgehead atoms.